The number of aromatic nitrogens is 1. The van der Waals surface area contributed by atoms with E-state index in [9.17, 15) is 0 Å². The van der Waals surface area contributed by atoms with E-state index in [1.165, 1.54) is 0 Å². The van der Waals surface area contributed by atoms with Crippen molar-refractivity contribution in [2.75, 3.05) is 26.2 Å². The molecule has 5 nitrogen and oxygen atoms in total. The van der Waals surface area contributed by atoms with Gasteiger partial charge >= 0.3 is 0 Å². The first-order valence-corrected chi connectivity index (χ1v) is 6.44. The topological polar surface area (TPSA) is 70.5 Å². The summed E-state index contributed by atoms with van der Waals surface area (Å²) < 4.78 is 15.4. The maximum atomic E-state index is 5.54. The Morgan fingerprint density at radius 3 is 2.33 bits per heavy atom. The van der Waals surface area contributed by atoms with Crippen LogP contribution in [-0.4, -0.2) is 25.6 Å². The second-order valence-electron chi connectivity index (χ2n) is 3.52. The third-order valence-electron chi connectivity index (χ3n) is 2.51. The molecule has 6 heteroatoms. The molecule has 1 aromatic heterocycles. The molecule has 1 heterocycles. The molecule has 2 rings (SSSR count). The van der Waals surface area contributed by atoms with Gasteiger partial charge in [-0.2, -0.15) is 0 Å². The van der Waals surface area contributed by atoms with Crippen molar-refractivity contribution in [1.82, 2.24) is 5.16 Å². The van der Waals surface area contributed by atoms with Crippen LogP contribution in [0.25, 0.3) is 11.3 Å². The minimum absolute atomic E-state index is 0.284. The van der Waals surface area contributed by atoms with Crippen LogP contribution in [0, 0.1) is 0 Å². The average molecular weight is 266 g/mol. The second kappa shape index (κ2) is 5.22. The highest BCUT2D eigenvalue weighted by molar-refractivity contribution is 7.98. The predicted octanol–water partition coefficient (Wildman–Crippen LogP) is 2.66. The molecule has 0 fully saturated rings. The van der Waals surface area contributed by atoms with Crippen LogP contribution in [0.3, 0.4) is 0 Å². The number of nitrogens with zero attached hydrogens (tertiary/aromatic N) is 1. The zero-order valence-corrected chi connectivity index (χ0v) is 11.2. The Kier molecular flexibility index (Phi) is 3.66. The Morgan fingerprint density at radius 1 is 1.17 bits per heavy atom. The Bertz CT molecular complexity index is 554. The summed E-state index contributed by atoms with van der Waals surface area (Å²) >= 11 is 1.59. The molecular formula is C12H14N2O3S. The molecule has 0 saturated heterocycles. The molecular weight excluding hydrogens is 252 g/mol. The van der Waals surface area contributed by atoms with E-state index >= 15 is 0 Å². The fourth-order valence-electron chi connectivity index (χ4n) is 1.65. The van der Waals surface area contributed by atoms with Gasteiger partial charge in [-0.05, 0) is 18.4 Å². The summed E-state index contributed by atoms with van der Waals surface area (Å²) in [7, 11) is 3.20. The number of hydrogen-bond donors (Lipinski definition) is 1. The van der Waals surface area contributed by atoms with Gasteiger partial charge in [0.2, 0.25) is 5.88 Å². The standard InChI is InChI=1S/C12H14N2O3S/c1-15-9-4-7(8-5-12(13)17-14-8)11(18-3)6-10(9)16-2/h4-6H,13H2,1-3H3. The van der Waals surface area contributed by atoms with Crippen LogP contribution in [0.4, 0.5) is 5.88 Å². The lowest BCUT2D eigenvalue weighted by Gasteiger charge is -2.12. The number of nitrogen functional groups attached to an aromatic ring is 1. The molecule has 0 aliphatic rings. The van der Waals surface area contributed by atoms with E-state index < -0.39 is 0 Å². The summed E-state index contributed by atoms with van der Waals surface area (Å²) in [5, 5.41) is 3.92. The van der Waals surface area contributed by atoms with Crippen molar-refractivity contribution in [3.8, 4) is 22.8 Å². The molecule has 0 aliphatic heterocycles. The van der Waals surface area contributed by atoms with Gasteiger partial charge in [-0.15, -0.1) is 11.8 Å². The first-order valence-electron chi connectivity index (χ1n) is 5.22. The number of benzene rings is 1. The first kappa shape index (κ1) is 12.6. The highest BCUT2D eigenvalue weighted by Crippen LogP contribution is 2.39. The van der Waals surface area contributed by atoms with Crippen molar-refractivity contribution in [3.05, 3.63) is 18.2 Å². The lowest BCUT2D eigenvalue weighted by Crippen LogP contribution is -1.93. The summed E-state index contributed by atoms with van der Waals surface area (Å²) in [6, 6.07) is 5.45. The van der Waals surface area contributed by atoms with Crippen molar-refractivity contribution >= 4 is 17.6 Å². The van der Waals surface area contributed by atoms with E-state index in [1.807, 2.05) is 18.4 Å². The second-order valence-corrected chi connectivity index (χ2v) is 4.37. The Hall–Kier alpha value is -1.82. The molecule has 0 aliphatic carbocycles. The van der Waals surface area contributed by atoms with Gasteiger partial charge in [0, 0.05) is 16.5 Å². The fourth-order valence-corrected chi connectivity index (χ4v) is 2.25. The SMILES string of the molecule is COc1cc(SC)c(-c2cc(N)on2)cc1OC. The molecule has 0 atom stereocenters. The summed E-state index contributed by atoms with van der Waals surface area (Å²) in [5.74, 6) is 1.61. The zero-order chi connectivity index (χ0) is 13.1. The van der Waals surface area contributed by atoms with Gasteiger partial charge in [0.1, 0.15) is 5.69 Å². The van der Waals surface area contributed by atoms with Crippen molar-refractivity contribution in [1.29, 1.82) is 0 Å². The molecule has 0 bridgehead atoms. The van der Waals surface area contributed by atoms with Gasteiger partial charge in [-0.25, -0.2) is 0 Å². The number of thioether (sulfide) groups is 1. The maximum Gasteiger partial charge on any atom is 0.222 e. The van der Waals surface area contributed by atoms with Gasteiger partial charge < -0.3 is 19.7 Å². The number of anilines is 1. The normalized spacial score (nSPS) is 10.4. The molecule has 0 radical (unpaired) electrons. The lowest BCUT2D eigenvalue weighted by atomic mass is 10.1. The van der Waals surface area contributed by atoms with Crippen LogP contribution >= 0.6 is 11.8 Å². The summed E-state index contributed by atoms with van der Waals surface area (Å²) in [6.07, 6.45) is 1.98. The van der Waals surface area contributed by atoms with Gasteiger partial charge in [-0.3, -0.25) is 0 Å². The van der Waals surface area contributed by atoms with Crippen LogP contribution < -0.4 is 15.2 Å². The first-order chi connectivity index (χ1) is 8.69. The third kappa shape index (κ3) is 2.24. The van der Waals surface area contributed by atoms with Gasteiger partial charge in [0.15, 0.2) is 11.5 Å². The van der Waals surface area contributed by atoms with Crippen molar-refractivity contribution in [2.24, 2.45) is 0 Å². The molecule has 0 amide bonds. The Balaban J connectivity index is 2.58. The highest BCUT2D eigenvalue weighted by atomic mass is 32.2. The van der Waals surface area contributed by atoms with E-state index in [0.29, 0.717) is 17.2 Å². The fraction of sp³-hybridized carbons (Fsp3) is 0.250. The minimum atomic E-state index is 0.284. The summed E-state index contributed by atoms with van der Waals surface area (Å²) in [6.45, 7) is 0. The van der Waals surface area contributed by atoms with E-state index in [1.54, 1.807) is 32.0 Å². The largest absolute Gasteiger partial charge is 0.493 e. The van der Waals surface area contributed by atoms with Crippen molar-refractivity contribution in [2.45, 2.75) is 4.90 Å². The van der Waals surface area contributed by atoms with Crippen LogP contribution in [-0.2, 0) is 0 Å². The molecule has 0 spiro atoms. The number of ether oxygens (including phenoxy) is 2. The minimum Gasteiger partial charge on any atom is -0.493 e. The zero-order valence-electron chi connectivity index (χ0n) is 10.4. The number of methoxy groups -OCH3 is 2. The predicted molar refractivity (Wildman–Crippen MR) is 71.2 cm³/mol. The molecule has 18 heavy (non-hydrogen) atoms. The number of nitrogens with two attached hydrogens (primary N) is 1. The Morgan fingerprint density at radius 2 is 1.83 bits per heavy atom. The Labute approximate surface area is 109 Å². The van der Waals surface area contributed by atoms with E-state index in [-0.39, 0.29) is 5.88 Å². The molecule has 1 aromatic carbocycles. The average Bonchev–Trinajstić information content (AvgIpc) is 2.83. The number of rotatable bonds is 4. The molecule has 96 valence electrons. The molecule has 0 unspecified atom stereocenters. The van der Waals surface area contributed by atoms with Crippen LogP contribution in [0.15, 0.2) is 27.6 Å². The highest BCUT2D eigenvalue weighted by Gasteiger charge is 2.14. The van der Waals surface area contributed by atoms with E-state index in [0.717, 1.165) is 10.5 Å². The van der Waals surface area contributed by atoms with Crippen LogP contribution in [0.2, 0.25) is 0 Å². The van der Waals surface area contributed by atoms with Crippen LogP contribution in [0.1, 0.15) is 0 Å². The summed E-state index contributed by atoms with van der Waals surface area (Å²) in [4.78, 5) is 1.01. The number of hydrogen-bond acceptors (Lipinski definition) is 6. The van der Waals surface area contributed by atoms with Gasteiger partial charge in [0.05, 0.1) is 14.2 Å². The smallest absolute Gasteiger partial charge is 0.222 e. The van der Waals surface area contributed by atoms with Crippen molar-refractivity contribution < 1.29 is 14.0 Å². The third-order valence-corrected chi connectivity index (χ3v) is 3.29. The molecule has 2 N–H and O–H groups in total. The van der Waals surface area contributed by atoms with Crippen molar-refractivity contribution in [3.63, 3.8) is 0 Å². The summed E-state index contributed by atoms with van der Waals surface area (Å²) in [5.41, 5.74) is 7.12. The van der Waals surface area contributed by atoms with E-state index in [2.05, 4.69) is 5.16 Å². The quantitative estimate of drug-likeness (QED) is 0.858. The van der Waals surface area contributed by atoms with Gasteiger partial charge in [-0.1, -0.05) is 5.16 Å². The van der Waals surface area contributed by atoms with Gasteiger partial charge in [0.25, 0.3) is 0 Å². The molecule has 0 saturated carbocycles. The van der Waals surface area contributed by atoms with Crippen LogP contribution in [0.5, 0.6) is 11.5 Å². The lowest BCUT2D eigenvalue weighted by molar-refractivity contribution is 0.354. The monoisotopic (exact) mass is 266 g/mol. The van der Waals surface area contributed by atoms with E-state index in [4.69, 9.17) is 19.7 Å². The maximum absolute atomic E-state index is 5.54. The molecule has 2 aromatic rings.